The van der Waals surface area contributed by atoms with Gasteiger partial charge in [0.25, 0.3) is 0 Å². The van der Waals surface area contributed by atoms with Gasteiger partial charge in [0.1, 0.15) is 0 Å². The molecule has 2 aromatic rings. The summed E-state index contributed by atoms with van der Waals surface area (Å²) in [6.07, 6.45) is 1.63. The number of rotatable bonds is 3. The highest BCUT2D eigenvalue weighted by molar-refractivity contribution is 6.07. The van der Waals surface area contributed by atoms with Crippen molar-refractivity contribution in [1.29, 1.82) is 5.41 Å². The molecule has 2 rings (SSSR count). The first-order valence-electron chi connectivity index (χ1n) is 5.02. The minimum Gasteiger partial charge on any atom is -0.379 e. The van der Waals surface area contributed by atoms with Crippen molar-refractivity contribution in [2.24, 2.45) is 0 Å². The normalized spacial score (nSPS) is 10.1. The molecule has 0 aliphatic carbocycles. The van der Waals surface area contributed by atoms with E-state index in [4.69, 9.17) is 11.1 Å². The SMILES string of the molecule is C=Cc1cccc(N(O)C(=N)c2nonc2N)c1. The first-order valence-corrected chi connectivity index (χ1v) is 5.02. The summed E-state index contributed by atoms with van der Waals surface area (Å²) in [5.74, 6) is -0.381. The van der Waals surface area contributed by atoms with Crippen LogP contribution in [0.1, 0.15) is 11.3 Å². The Bertz CT molecular complexity index is 593. The molecule has 7 heteroatoms. The number of nitrogen functional groups attached to an aromatic ring is 1. The number of anilines is 2. The lowest BCUT2D eigenvalue weighted by molar-refractivity contribution is 0.300. The van der Waals surface area contributed by atoms with Crippen LogP contribution in [0.2, 0.25) is 0 Å². The van der Waals surface area contributed by atoms with Gasteiger partial charge >= 0.3 is 0 Å². The highest BCUT2D eigenvalue weighted by Gasteiger charge is 2.19. The van der Waals surface area contributed by atoms with Gasteiger partial charge < -0.3 is 5.73 Å². The molecule has 18 heavy (non-hydrogen) atoms. The quantitative estimate of drug-likeness (QED) is 0.429. The number of hydrogen-bond donors (Lipinski definition) is 3. The van der Waals surface area contributed by atoms with E-state index >= 15 is 0 Å². The molecule has 0 saturated heterocycles. The molecule has 0 atom stereocenters. The molecule has 0 amide bonds. The molecule has 0 spiro atoms. The Kier molecular flexibility index (Phi) is 3.07. The number of amidine groups is 1. The largest absolute Gasteiger partial charge is 0.379 e. The highest BCUT2D eigenvalue weighted by Crippen LogP contribution is 2.18. The molecule has 0 unspecified atom stereocenters. The molecule has 0 fully saturated rings. The maximum absolute atomic E-state index is 9.91. The van der Waals surface area contributed by atoms with Crippen LogP contribution < -0.4 is 10.8 Å². The second-order valence-electron chi connectivity index (χ2n) is 3.46. The van der Waals surface area contributed by atoms with Crippen LogP contribution in [-0.4, -0.2) is 21.4 Å². The van der Waals surface area contributed by atoms with E-state index in [2.05, 4.69) is 21.5 Å². The summed E-state index contributed by atoms with van der Waals surface area (Å²) in [6.45, 7) is 3.63. The predicted octanol–water partition coefficient (Wildman–Crippen LogP) is 1.52. The van der Waals surface area contributed by atoms with Crippen molar-refractivity contribution in [3.63, 3.8) is 0 Å². The standard InChI is InChI=1S/C11H11N5O2/c1-2-7-4-3-5-8(6-7)16(17)11(13)9-10(12)15-18-14-9/h2-6,13,17H,1H2,(H2,12,15). The van der Waals surface area contributed by atoms with Crippen molar-refractivity contribution >= 4 is 23.4 Å². The molecular weight excluding hydrogens is 234 g/mol. The van der Waals surface area contributed by atoms with Crippen molar-refractivity contribution in [3.05, 3.63) is 42.1 Å². The number of hydrogen-bond acceptors (Lipinski definition) is 6. The van der Waals surface area contributed by atoms with Crippen molar-refractivity contribution in [1.82, 2.24) is 10.3 Å². The first-order chi connectivity index (χ1) is 8.63. The van der Waals surface area contributed by atoms with E-state index < -0.39 is 0 Å². The van der Waals surface area contributed by atoms with Gasteiger partial charge in [-0.2, -0.15) is 0 Å². The maximum atomic E-state index is 9.91. The summed E-state index contributed by atoms with van der Waals surface area (Å²) in [4.78, 5) is 0. The first kappa shape index (κ1) is 11.8. The summed E-state index contributed by atoms with van der Waals surface area (Å²) in [6, 6.07) is 6.84. The van der Waals surface area contributed by atoms with Gasteiger partial charge in [-0.05, 0) is 28.0 Å². The molecular formula is C11H11N5O2. The topological polar surface area (TPSA) is 112 Å². The summed E-state index contributed by atoms with van der Waals surface area (Å²) in [7, 11) is 0. The minimum absolute atomic E-state index is 0.0264. The van der Waals surface area contributed by atoms with Crippen molar-refractivity contribution in [2.75, 3.05) is 10.8 Å². The fourth-order valence-electron chi connectivity index (χ4n) is 1.37. The zero-order chi connectivity index (χ0) is 13.1. The third kappa shape index (κ3) is 2.06. The van der Waals surface area contributed by atoms with Crippen LogP contribution in [0, 0.1) is 5.41 Å². The molecule has 1 heterocycles. The maximum Gasteiger partial charge on any atom is 0.199 e. The van der Waals surface area contributed by atoms with Crippen LogP contribution >= 0.6 is 0 Å². The van der Waals surface area contributed by atoms with E-state index in [1.54, 1.807) is 24.3 Å². The van der Waals surface area contributed by atoms with E-state index in [1.807, 2.05) is 6.07 Å². The average Bonchev–Trinajstić information content (AvgIpc) is 2.83. The number of nitrogens with one attached hydrogen (secondary N) is 1. The van der Waals surface area contributed by atoms with Crippen molar-refractivity contribution < 1.29 is 9.84 Å². The Morgan fingerprint density at radius 1 is 1.50 bits per heavy atom. The molecule has 0 aliphatic heterocycles. The summed E-state index contributed by atoms with van der Waals surface area (Å²) >= 11 is 0. The van der Waals surface area contributed by atoms with Gasteiger partial charge in [0.05, 0.1) is 5.69 Å². The van der Waals surface area contributed by atoms with Crippen LogP contribution in [0.4, 0.5) is 11.5 Å². The van der Waals surface area contributed by atoms with E-state index in [1.165, 1.54) is 0 Å². The lowest BCUT2D eigenvalue weighted by Crippen LogP contribution is -2.28. The number of hydroxylamine groups is 1. The molecule has 0 bridgehead atoms. The van der Waals surface area contributed by atoms with Gasteiger partial charge in [0.15, 0.2) is 17.3 Å². The van der Waals surface area contributed by atoms with E-state index in [9.17, 15) is 5.21 Å². The van der Waals surface area contributed by atoms with Crippen molar-refractivity contribution in [2.45, 2.75) is 0 Å². The van der Waals surface area contributed by atoms with E-state index in [-0.39, 0.29) is 17.3 Å². The Hall–Kier alpha value is -2.67. The van der Waals surface area contributed by atoms with Gasteiger partial charge in [-0.15, -0.1) is 0 Å². The number of benzene rings is 1. The predicted molar refractivity (Wildman–Crippen MR) is 66.3 cm³/mol. The molecule has 1 aromatic carbocycles. The number of nitrogens with zero attached hydrogens (tertiary/aromatic N) is 3. The fraction of sp³-hybridized carbons (Fsp3) is 0. The summed E-state index contributed by atoms with van der Waals surface area (Å²) < 4.78 is 4.38. The van der Waals surface area contributed by atoms with Crippen LogP contribution in [0.5, 0.6) is 0 Å². The molecule has 7 nitrogen and oxygen atoms in total. The number of aromatic nitrogens is 2. The van der Waals surface area contributed by atoms with Crippen LogP contribution in [0.3, 0.4) is 0 Å². The lowest BCUT2D eigenvalue weighted by atomic mass is 10.2. The third-order valence-electron chi connectivity index (χ3n) is 2.30. The van der Waals surface area contributed by atoms with Gasteiger partial charge in [-0.1, -0.05) is 24.8 Å². The van der Waals surface area contributed by atoms with Gasteiger partial charge in [0, 0.05) is 0 Å². The molecule has 0 aliphatic rings. The van der Waals surface area contributed by atoms with E-state index in [0.717, 1.165) is 5.56 Å². The third-order valence-corrected chi connectivity index (χ3v) is 2.30. The van der Waals surface area contributed by atoms with Crippen LogP contribution in [-0.2, 0) is 0 Å². The molecule has 0 saturated carbocycles. The second kappa shape index (κ2) is 4.68. The van der Waals surface area contributed by atoms with Gasteiger partial charge in [-0.25, -0.2) is 9.69 Å². The van der Waals surface area contributed by atoms with E-state index in [0.29, 0.717) is 10.8 Å². The smallest absolute Gasteiger partial charge is 0.199 e. The Balaban J connectivity index is 2.31. The summed E-state index contributed by atoms with van der Waals surface area (Å²) in [5.41, 5.74) is 6.62. The lowest BCUT2D eigenvalue weighted by Gasteiger charge is -2.16. The Morgan fingerprint density at radius 3 is 2.89 bits per heavy atom. The van der Waals surface area contributed by atoms with Gasteiger partial charge in [-0.3, -0.25) is 10.6 Å². The average molecular weight is 245 g/mol. The molecule has 4 N–H and O–H groups in total. The molecule has 1 aromatic heterocycles. The molecule has 92 valence electrons. The molecule has 0 radical (unpaired) electrons. The fourth-order valence-corrected chi connectivity index (χ4v) is 1.37. The van der Waals surface area contributed by atoms with Crippen LogP contribution in [0.25, 0.3) is 6.08 Å². The Labute approximate surface area is 103 Å². The minimum atomic E-state index is -0.324. The van der Waals surface area contributed by atoms with Crippen LogP contribution in [0.15, 0.2) is 35.5 Å². The second-order valence-corrected chi connectivity index (χ2v) is 3.46. The zero-order valence-corrected chi connectivity index (χ0v) is 9.37. The highest BCUT2D eigenvalue weighted by atomic mass is 16.6. The Morgan fingerprint density at radius 2 is 2.28 bits per heavy atom. The zero-order valence-electron chi connectivity index (χ0n) is 9.37. The summed E-state index contributed by atoms with van der Waals surface area (Å²) in [5, 5.41) is 25.1. The van der Waals surface area contributed by atoms with Crippen molar-refractivity contribution in [3.8, 4) is 0 Å². The van der Waals surface area contributed by atoms with Gasteiger partial charge in [0.2, 0.25) is 0 Å². The monoisotopic (exact) mass is 245 g/mol. The number of nitrogens with two attached hydrogens (primary N) is 1.